The van der Waals surface area contributed by atoms with Crippen molar-refractivity contribution in [1.29, 1.82) is 0 Å². The van der Waals surface area contributed by atoms with Gasteiger partial charge in [0.25, 0.3) is 0 Å². The second-order valence-electron chi connectivity index (χ2n) is 7.22. The molecule has 2 heterocycles. The van der Waals surface area contributed by atoms with E-state index in [1.54, 1.807) is 0 Å². The van der Waals surface area contributed by atoms with Crippen molar-refractivity contribution in [3.63, 3.8) is 0 Å². The number of furan rings is 1. The molecule has 1 fully saturated rings. The molecule has 0 spiro atoms. The van der Waals surface area contributed by atoms with E-state index in [0.717, 1.165) is 25.4 Å². The fourth-order valence-electron chi connectivity index (χ4n) is 3.71. The van der Waals surface area contributed by atoms with Gasteiger partial charge in [0.1, 0.15) is 0 Å². The molecule has 2 rings (SSSR count). The topological polar surface area (TPSA) is 31.6 Å². The van der Waals surface area contributed by atoms with Crippen LogP contribution in [0.2, 0.25) is 13.3 Å². The van der Waals surface area contributed by atoms with Gasteiger partial charge >= 0.3 is 152 Å². The minimum absolute atomic E-state index is 0.278. The second-order valence-corrected chi connectivity index (χ2v) is 20.2. The van der Waals surface area contributed by atoms with Crippen molar-refractivity contribution in [2.45, 2.75) is 85.3 Å². The van der Waals surface area contributed by atoms with Gasteiger partial charge in [-0.3, -0.25) is 0 Å². The third kappa shape index (κ3) is 5.50. The van der Waals surface area contributed by atoms with Gasteiger partial charge in [0, 0.05) is 0 Å². The average Bonchev–Trinajstić information content (AvgIpc) is 3.13. The molecule has 1 aromatic heterocycles. The first-order valence-electron chi connectivity index (χ1n) is 10.1. The Bertz CT molecular complexity index is 430. The van der Waals surface area contributed by atoms with Crippen LogP contribution in [0.15, 0.2) is 16.5 Å². The van der Waals surface area contributed by atoms with Crippen LogP contribution >= 0.6 is 0 Å². The van der Waals surface area contributed by atoms with Gasteiger partial charge in [-0.05, 0) is 0 Å². The number of rotatable bonds is 11. The Kier molecular flexibility index (Phi) is 9.20. The van der Waals surface area contributed by atoms with Gasteiger partial charge in [0.15, 0.2) is 0 Å². The fraction of sp³-hybridized carbons (Fsp3) is 0.800. The molecular weight excluding hydrogens is 407 g/mol. The van der Waals surface area contributed by atoms with Gasteiger partial charge < -0.3 is 0 Å². The van der Waals surface area contributed by atoms with Crippen LogP contribution < -0.4 is 3.78 Å². The molecule has 3 nitrogen and oxygen atoms in total. The van der Waals surface area contributed by atoms with Crippen molar-refractivity contribution < 1.29 is 13.9 Å². The summed E-state index contributed by atoms with van der Waals surface area (Å²) in [4.78, 5) is 0. The minimum atomic E-state index is -2.45. The van der Waals surface area contributed by atoms with Crippen molar-refractivity contribution in [2.24, 2.45) is 0 Å². The number of ether oxygens (including phenoxy) is 2. The first-order chi connectivity index (χ1) is 11.8. The summed E-state index contributed by atoms with van der Waals surface area (Å²) in [5.74, 6) is 0.898. The van der Waals surface area contributed by atoms with Gasteiger partial charge in [-0.2, -0.15) is 0 Å². The van der Waals surface area contributed by atoms with E-state index in [1.807, 2.05) is 0 Å². The molecular formula is C20H36O3Sn. The summed E-state index contributed by atoms with van der Waals surface area (Å²) in [6.45, 7) is 8.49. The molecule has 0 atom stereocenters. The Morgan fingerprint density at radius 3 is 1.92 bits per heavy atom. The van der Waals surface area contributed by atoms with E-state index in [2.05, 4.69) is 32.9 Å². The monoisotopic (exact) mass is 444 g/mol. The van der Waals surface area contributed by atoms with Crippen LogP contribution in [0.4, 0.5) is 0 Å². The normalized spacial score (nSPS) is 16.6. The summed E-state index contributed by atoms with van der Waals surface area (Å²) < 4.78 is 23.6. The third-order valence-corrected chi connectivity index (χ3v) is 20.2. The van der Waals surface area contributed by atoms with Gasteiger partial charge in [-0.15, -0.1) is 0 Å². The van der Waals surface area contributed by atoms with Gasteiger partial charge in [0.05, 0.1) is 0 Å². The SMILES string of the molecule is CCC[CH2][Sn]([CH2]CCC)([CH2]CCC)[c]1ccc(C2OCCCO2)o1. The summed E-state index contributed by atoms with van der Waals surface area (Å²) in [7, 11) is 0. The van der Waals surface area contributed by atoms with Gasteiger partial charge in [-0.1, -0.05) is 0 Å². The van der Waals surface area contributed by atoms with Crippen LogP contribution in [0.1, 0.15) is 77.8 Å². The summed E-state index contributed by atoms with van der Waals surface area (Å²) in [6.07, 6.45) is 8.65. The van der Waals surface area contributed by atoms with E-state index < -0.39 is 18.4 Å². The molecule has 1 aliphatic heterocycles. The molecule has 0 aliphatic carbocycles. The molecule has 0 saturated carbocycles. The first kappa shape index (κ1) is 20.3. The molecule has 0 aromatic carbocycles. The quantitative estimate of drug-likeness (QED) is 0.407. The molecule has 1 aliphatic rings. The van der Waals surface area contributed by atoms with Crippen LogP contribution in [0.25, 0.3) is 0 Å². The molecule has 0 bridgehead atoms. The predicted molar refractivity (Wildman–Crippen MR) is 103 cm³/mol. The number of hydrogen-bond donors (Lipinski definition) is 0. The Morgan fingerprint density at radius 2 is 1.42 bits per heavy atom. The van der Waals surface area contributed by atoms with Crippen LogP contribution in [0.5, 0.6) is 0 Å². The van der Waals surface area contributed by atoms with Crippen molar-refractivity contribution >= 4 is 22.2 Å². The van der Waals surface area contributed by atoms with E-state index >= 15 is 0 Å². The van der Waals surface area contributed by atoms with Crippen LogP contribution in [0.3, 0.4) is 0 Å². The molecule has 4 heteroatoms. The zero-order valence-electron chi connectivity index (χ0n) is 15.9. The van der Waals surface area contributed by atoms with Crippen molar-refractivity contribution in [1.82, 2.24) is 0 Å². The van der Waals surface area contributed by atoms with Crippen molar-refractivity contribution in [3.8, 4) is 0 Å². The Balaban J connectivity index is 2.20. The van der Waals surface area contributed by atoms with E-state index in [4.69, 9.17) is 13.9 Å². The molecule has 1 aromatic rings. The molecule has 138 valence electrons. The maximum absolute atomic E-state index is 6.42. The standard InChI is InChI=1S/C8H9O3.3C4H9.Sn/c1-3-7(9-4-1)8-10-5-2-6-11-8;3*1-3-4-2;/h1,3,8H,2,5-6H2;3*1,3-4H2,2H3;. The van der Waals surface area contributed by atoms with Crippen LogP contribution in [0, 0.1) is 0 Å². The zero-order chi connectivity index (χ0) is 17.3. The number of hydrogen-bond acceptors (Lipinski definition) is 3. The van der Waals surface area contributed by atoms with Crippen molar-refractivity contribution in [2.75, 3.05) is 13.2 Å². The van der Waals surface area contributed by atoms with E-state index in [0.29, 0.717) is 0 Å². The molecule has 0 amide bonds. The summed E-state index contributed by atoms with van der Waals surface area (Å²) in [5, 5.41) is 0. The fourth-order valence-corrected chi connectivity index (χ4v) is 19.0. The first-order valence-corrected chi connectivity index (χ1v) is 17.6. The molecule has 0 N–H and O–H groups in total. The summed E-state index contributed by atoms with van der Waals surface area (Å²) in [6, 6.07) is 4.41. The number of unbranched alkanes of at least 4 members (excludes halogenated alkanes) is 3. The van der Waals surface area contributed by atoms with Gasteiger partial charge in [0.2, 0.25) is 0 Å². The molecule has 24 heavy (non-hydrogen) atoms. The summed E-state index contributed by atoms with van der Waals surface area (Å²) >= 11 is -2.45. The summed E-state index contributed by atoms with van der Waals surface area (Å²) in [5.41, 5.74) is 0. The molecule has 1 saturated heterocycles. The van der Waals surface area contributed by atoms with Crippen LogP contribution in [-0.2, 0) is 9.47 Å². The van der Waals surface area contributed by atoms with Gasteiger partial charge in [-0.25, -0.2) is 0 Å². The Hall–Kier alpha value is -0.00130. The van der Waals surface area contributed by atoms with Crippen molar-refractivity contribution in [3.05, 3.63) is 17.9 Å². The van der Waals surface area contributed by atoms with E-state index in [9.17, 15) is 0 Å². The predicted octanol–water partition coefficient (Wildman–Crippen LogP) is 5.77. The maximum atomic E-state index is 6.42. The zero-order valence-corrected chi connectivity index (χ0v) is 18.8. The Labute approximate surface area is 152 Å². The Morgan fingerprint density at radius 1 is 0.875 bits per heavy atom. The second kappa shape index (κ2) is 10.9. The molecule has 0 unspecified atom stereocenters. The van der Waals surface area contributed by atoms with E-state index in [-0.39, 0.29) is 6.29 Å². The van der Waals surface area contributed by atoms with E-state index in [1.165, 1.54) is 55.6 Å². The third-order valence-electron chi connectivity index (χ3n) is 5.24. The average molecular weight is 443 g/mol. The molecule has 0 radical (unpaired) electrons. The van der Waals surface area contributed by atoms with Crippen LogP contribution in [-0.4, -0.2) is 31.6 Å².